The average molecular weight is 442 g/mol. The molecule has 10 nitrogen and oxygen atoms in total. The maximum Gasteiger partial charge on any atom is 0.409 e. The number of piperazine rings is 1. The van der Waals surface area contributed by atoms with Crippen LogP contribution >= 0.6 is 0 Å². The Morgan fingerprint density at radius 1 is 1.10 bits per heavy atom. The first-order valence-corrected chi connectivity index (χ1v) is 11.7. The van der Waals surface area contributed by atoms with Crippen molar-refractivity contribution in [3.8, 4) is 11.5 Å². The van der Waals surface area contributed by atoms with Crippen molar-refractivity contribution in [2.75, 3.05) is 56.6 Å². The quantitative estimate of drug-likeness (QED) is 0.669. The zero-order chi connectivity index (χ0) is 21.9. The van der Waals surface area contributed by atoms with E-state index in [1.54, 1.807) is 36.9 Å². The SMILES string of the molecule is CCOC(=O)N1CCN(C(=O)[C@@H](C)N(c2ccc3c(c2)OCCO3)S(C)(=O)=O)CC1. The van der Waals surface area contributed by atoms with E-state index in [1.807, 2.05) is 0 Å². The Balaban J connectivity index is 1.76. The molecular formula is C19H27N3O7S. The number of benzene rings is 1. The molecule has 2 aliphatic heterocycles. The fourth-order valence-corrected chi connectivity index (χ4v) is 4.72. The minimum atomic E-state index is -3.75. The van der Waals surface area contributed by atoms with Gasteiger partial charge < -0.3 is 24.0 Å². The van der Waals surface area contributed by atoms with E-state index in [0.29, 0.717) is 56.6 Å². The van der Waals surface area contributed by atoms with Crippen molar-refractivity contribution in [2.45, 2.75) is 19.9 Å². The molecule has 3 rings (SSSR count). The fourth-order valence-electron chi connectivity index (χ4n) is 3.56. The molecule has 0 unspecified atom stereocenters. The lowest BCUT2D eigenvalue weighted by Crippen LogP contribution is -2.56. The van der Waals surface area contributed by atoms with Crippen molar-refractivity contribution in [3.05, 3.63) is 18.2 Å². The van der Waals surface area contributed by atoms with Crippen LogP contribution in [0.1, 0.15) is 13.8 Å². The van der Waals surface area contributed by atoms with Gasteiger partial charge in [-0.1, -0.05) is 0 Å². The smallest absolute Gasteiger partial charge is 0.409 e. The first-order chi connectivity index (χ1) is 14.2. The molecule has 30 heavy (non-hydrogen) atoms. The summed E-state index contributed by atoms with van der Waals surface area (Å²) in [5.41, 5.74) is 0.327. The fraction of sp³-hybridized carbons (Fsp3) is 0.579. The van der Waals surface area contributed by atoms with Crippen molar-refractivity contribution in [2.24, 2.45) is 0 Å². The number of nitrogens with zero attached hydrogens (tertiary/aromatic N) is 3. The zero-order valence-corrected chi connectivity index (χ0v) is 18.2. The number of amides is 2. The van der Waals surface area contributed by atoms with E-state index < -0.39 is 22.2 Å². The Labute approximate surface area is 176 Å². The molecule has 2 heterocycles. The molecule has 2 aliphatic rings. The lowest BCUT2D eigenvalue weighted by Gasteiger charge is -2.37. The van der Waals surface area contributed by atoms with Gasteiger partial charge in [0.1, 0.15) is 19.3 Å². The molecule has 1 aromatic rings. The first-order valence-electron chi connectivity index (χ1n) is 9.82. The van der Waals surface area contributed by atoms with Crippen LogP contribution in [-0.4, -0.2) is 88.5 Å². The third kappa shape index (κ3) is 4.72. The van der Waals surface area contributed by atoms with Gasteiger partial charge in [-0.05, 0) is 26.0 Å². The number of carbonyl (C=O) groups is 2. The number of fused-ring (bicyclic) bond motifs is 1. The van der Waals surface area contributed by atoms with Crippen LogP contribution in [0.5, 0.6) is 11.5 Å². The molecule has 0 saturated carbocycles. The minimum Gasteiger partial charge on any atom is -0.486 e. The molecule has 1 fully saturated rings. The maximum absolute atomic E-state index is 13.1. The molecule has 0 radical (unpaired) electrons. The summed E-state index contributed by atoms with van der Waals surface area (Å²) < 4.78 is 42.2. The monoisotopic (exact) mass is 441 g/mol. The second kappa shape index (κ2) is 8.99. The van der Waals surface area contributed by atoms with Gasteiger partial charge in [0.05, 0.1) is 18.6 Å². The molecule has 1 aromatic carbocycles. The number of ether oxygens (including phenoxy) is 3. The van der Waals surface area contributed by atoms with E-state index in [2.05, 4.69) is 0 Å². The first kappa shape index (κ1) is 22.0. The highest BCUT2D eigenvalue weighted by Gasteiger charge is 2.34. The second-order valence-corrected chi connectivity index (χ2v) is 8.93. The van der Waals surface area contributed by atoms with Gasteiger partial charge in [0.25, 0.3) is 0 Å². The predicted octanol–water partition coefficient (Wildman–Crippen LogP) is 0.913. The van der Waals surface area contributed by atoms with Gasteiger partial charge in [-0.15, -0.1) is 0 Å². The number of carbonyl (C=O) groups excluding carboxylic acids is 2. The predicted molar refractivity (Wildman–Crippen MR) is 109 cm³/mol. The standard InChI is InChI=1S/C19H27N3O7S/c1-4-27-19(24)21-9-7-20(8-10-21)18(23)14(2)22(30(3,25)26)15-5-6-16-17(13-15)29-12-11-28-16/h5-6,13-14H,4,7-12H2,1-3H3/t14-/m1/s1. The third-order valence-electron chi connectivity index (χ3n) is 4.96. The summed E-state index contributed by atoms with van der Waals surface area (Å²) in [6, 6.07) is 3.84. The van der Waals surface area contributed by atoms with Gasteiger partial charge in [0.15, 0.2) is 11.5 Å². The number of hydrogen-bond acceptors (Lipinski definition) is 7. The Bertz CT molecular complexity index is 897. The highest BCUT2D eigenvalue weighted by molar-refractivity contribution is 7.92. The number of anilines is 1. The second-order valence-electron chi connectivity index (χ2n) is 7.07. The van der Waals surface area contributed by atoms with Crippen LogP contribution in [0.25, 0.3) is 0 Å². The van der Waals surface area contributed by atoms with E-state index in [1.165, 1.54) is 4.90 Å². The Hall–Kier alpha value is -2.69. The highest BCUT2D eigenvalue weighted by atomic mass is 32.2. The molecule has 1 atom stereocenters. The Morgan fingerprint density at radius 3 is 2.30 bits per heavy atom. The normalized spacial score (nSPS) is 17.3. The maximum atomic E-state index is 13.1. The average Bonchev–Trinajstić information content (AvgIpc) is 2.72. The zero-order valence-electron chi connectivity index (χ0n) is 17.4. The van der Waals surface area contributed by atoms with Crippen LogP contribution in [-0.2, 0) is 19.6 Å². The molecule has 0 aromatic heterocycles. The molecule has 11 heteroatoms. The molecular weight excluding hydrogens is 414 g/mol. The van der Waals surface area contributed by atoms with Gasteiger partial charge in [0, 0.05) is 32.2 Å². The van der Waals surface area contributed by atoms with Gasteiger partial charge in [-0.3, -0.25) is 9.10 Å². The van der Waals surface area contributed by atoms with E-state index >= 15 is 0 Å². The van der Waals surface area contributed by atoms with Crippen LogP contribution in [0.3, 0.4) is 0 Å². The molecule has 2 amide bonds. The van der Waals surface area contributed by atoms with Gasteiger partial charge in [-0.25, -0.2) is 13.2 Å². The number of hydrogen-bond donors (Lipinski definition) is 0. The largest absolute Gasteiger partial charge is 0.486 e. The molecule has 0 N–H and O–H groups in total. The van der Waals surface area contributed by atoms with Crippen LogP contribution in [0.15, 0.2) is 18.2 Å². The van der Waals surface area contributed by atoms with E-state index in [9.17, 15) is 18.0 Å². The third-order valence-corrected chi connectivity index (χ3v) is 6.21. The topological polar surface area (TPSA) is 106 Å². The Kier molecular flexibility index (Phi) is 6.59. The van der Waals surface area contributed by atoms with Crippen molar-refractivity contribution in [3.63, 3.8) is 0 Å². The van der Waals surface area contributed by atoms with Gasteiger partial charge in [-0.2, -0.15) is 0 Å². The molecule has 1 saturated heterocycles. The van der Waals surface area contributed by atoms with Crippen LogP contribution in [0.4, 0.5) is 10.5 Å². The van der Waals surface area contributed by atoms with Crippen molar-refractivity contribution >= 4 is 27.7 Å². The number of sulfonamides is 1. The van der Waals surface area contributed by atoms with Crippen molar-refractivity contribution in [1.82, 2.24) is 9.80 Å². The summed E-state index contributed by atoms with van der Waals surface area (Å²) in [5.74, 6) is 0.640. The highest BCUT2D eigenvalue weighted by Crippen LogP contribution is 2.35. The van der Waals surface area contributed by atoms with Crippen LogP contribution in [0.2, 0.25) is 0 Å². The minimum absolute atomic E-state index is 0.286. The van der Waals surface area contributed by atoms with Crippen molar-refractivity contribution in [1.29, 1.82) is 0 Å². The lowest BCUT2D eigenvalue weighted by molar-refractivity contribution is -0.133. The van der Waals surface area contributed by atoms with Crippen molar-refractivity contribution < 1.29 is 32.2 Å². The summed E-state index contributed by atoms with van der Waals surface area (Å²) in [4.78, 5) is 28.0. The molecule has 0 spiro atoms. The summed E-state index contributed by atoms with van der Waals surface area (Å²) in [6.45, 7) is 5.65. The molecule has 166 valence electrons. The van der Waals surface area contributed by atoms with Crippen LogP contribution in [0, 0.1) is 0 Å². The summed E-state index contributed by atoms with van der Waals surface area (Å²) >= 11 is 0. The molecule has 0 aliphatic carbocycles. The van der Waals surface area contributed by atoms with E-state index in [4.69, 9.17) is 14.2 Å². The summed E-state index contributed by atoms with van der Waals surface area (Å²) in [7, 11) is -3.75. The van der Waals surface area contributed by atoms with Gasteiger partial charge >= 0.3 is 6.09 Å². The Morgan fingerprint density at radius 2 is 1.70 bits per heavy atom. The molecule has 0 bridgehead atoms. The lowest BCUT2D eigenvalue weighted by atomic mass is 10.2. The summed E-state index contributed by atoms with van der Waals surface area (Å²) in [6.07, 6.45) is 0.651. The van der Waals surface area contributed by atoms with E-state index in [-0.39, 0.29) is 12.5 Å². The van der Waals surface area contributed by atoms with Gasteiger partial charge in [0.2, 0.25) is 15.9 Å². The van der Waals surface area contributed by atoms with Crippen LogP contribution < -0.4 is 13.8 Å². The number of rotatable bonds is 5. The van der Waals surface area contributed by atoms with E-state index in [0.717, 1.165) is 10.6 Å². The summed E-state index contributed by atoms with van der Waals surface area (Å²) in [5, 5.41) is 0.